The molecule has 1 aromatic rings. The first-order valence-electron chi connectivity index (χ1n) is 4.64. The second-order valence-electron chi connectivity index (χ2n) is 4.63. The van der Waals surface area contributed by atoms with Crippen molar-refractivity contribution in [1.82, 2.24) is 9.97 Å². The summed E-state index contributed by atoms with van der Waals surface area (Å²) in [4.78, 5) is 18.6. The minimum atomic E-state index is -1.10. The number of aromatic nitrogens is 2. The van der Waals surface area contributed by atoms with Crippen LogP contribution < -0.4 is 5.73 Å². The van der Waals surface area contributed by atoms with E-state index in [9.17, 15) is 4.79 Å². The predicted molar refractivity (Wildman–Crippen MR) is 56.6 cm³/mol. The van der Waals surface area contributed by atoms with Crippen LogP contribution in [-0.4, -0.2) is 21.0 Å². The Morgan fingerprint density at radius 3 is 2.53 bits per heavy atom. The van der Waals surface area contributed by atoms with Crippen LogP contribution in [0, 0.1) is 5.41 Å². The van der Waals surface area contributed by atoms with E-state index in [1.54, 1.807) is 0 Å². The molecule has 0 aromatic carbocycles. The number of carboxylic acid groups (broad SMARTS) is 1. The molecule has 0 unspecified atom stereocenters. The normalized spacial score (nSPS) is 11.4. The summed E-state index contributed by atoms with van der Waals surface area (Å²) in [7, 11) is 0. The van der Waals surface area contributed by atoms with Crippen LogP contribution in [-0.2, 0) is 6.42 Å². The van der Waals surface area contributed by atoms with Gasteiger partial charge in [0.15, 0.2) is 0 Å². The first kappa shape index (κ1) is 11.4. The van der Waals surface area contributed by atoms with Crippen molar-refractivity contribution in [3.05, 3.63) is 17.6 Å². The van der Waals surface area contributed by atoms with E-state index < -0.39 is 5.97 Å². The van der Waals surface area contributed by atoms with E-state index in [0.717, 1.165) is 0 Å². The molecule has 5 heteroatoms. The SMILES string of the molecule is CC(C)(C)Cc1ncc(C(=O)O)c(N)n1. The van der Waals surface area contributed by atoms with Crippen LogP contribution in [0.1, 0.15) is 37.0 Å². The molecule has 0 aliphatic rings. The highest BCUT2D eigenvalue weighted by Crippen LogP contribution is 2.19. The molecule has 0 amide bonds. The zero-order chi connectivity index (χ0) is 11.6. The van der Waals surface area contributed by atoms with E-state index in [2.05, 4.69) is 30.7 Å². The maximum Gasteiger partial charge on any atom is 0.341 e. The van der Waals surface area contributed by atoms with E-state index in [1.165, 1.54) is 6.20 Å². The molecule has 1 heterocycles. The Bertz CT molecular complexity index is 383. The van der Waals surface area contributed by atoms with Crippen molar-refractivity contribution < 1.29 is 9.90 Å². The summed E-state index contributed by atoms with van der Waals surface area (Å²) in [5.41, 5.74) is 5.51. The predicted octanol–water partition coefficient (Wildman–Crippen LogP) is 1.35. The highest BCUT2D eigenvalue weighted by molar-refractivity contribution is 5.92. The van der Waals surface area contributed by atoms with Gasteiger partial charge in [-0.25, -0.2) is 14.8 Å². The average Bonchev–Trinajstić information content (AvgIpc) is 1.99. The van der Waals surface area contributed by atoms with E-state index >= 15 is 0 Å². The van der Waals surface area contributed by atoms with Crippen molar-refractivity contribution in [2.75, 3.05) is 5.73 Å². The van der Waals surface area contributed by atoms with E-state index in [1.807, 2.05) is 0 Å². The van der Waals surface area contributed by atoms with Crippen LogP contribution in [0.2, 0.25) is 0 Å². The number of carbonyl (C=O) groups is 1. The molecule has 0 fully saturated rings. The van der Waals surface area contributed by atoms with Crippen molar-refractivity contribution in [3.63, 3.8) is 0 Å². The van der Waals surface area contributed by atoms with E-state index in [0.29, 0.717) is 12.2 Å². The van der Waals surface area contributed by atoms with Gasteiger partial charge in [-0.15, -0.1) is 0 Å². The number of nitrogens with zero attached hydrogens (tertiary/aromatic N) is 2. The van der Waals surface area contributed by atoms with Crippen LogP contribution in [0.3, 0.4) is 0 Å². The molecule has 0 spiro atoms. The van der Waals surface area contributed by atoms with Crippen molar-refractivity contribution in [2.45, 2.75) is 27.2 Å². The van der Waals surface area contributed by atoms with Crippen molar-refractivity contribution >= 4 is 11.8 Å². The molecule has 0 bridgehead atoms. The van der Waals surface area contributed by atoms with Crippen molar-refractivity contribution in [1.29, 1.82) is 0 Å². The molecule has 3 N–H and O–H groups in total. The highest BCUT2D eigenvalue weighted by Gasteiger charge is 2.16. The number of nitrogen functional groups attached to an aromatic ring is 1. The molecule has 0 radical (unpaired) electrons. The minimum Gasteiger partial charge on any atom is -0.477 e. The Morgan fingerprint density at radius 2 is 2.13 bits per heavy atom. The molecule has 0 aliphatic heterocycles. The lowest BCUT2D eigenvalue weighted by Gasteiger charge is -2.16. The monoisotopic (exact) mass is 209 g/mol. The highest BCUT2D eigenvalue weighted by atomic mass is 16.4. The number of hydrogen-bond donors (Lipinski definition) is 2. The fourth-order valence-corrected chi connectivity index (χ4v) is 1.16. The van der Waals surface area contributed by atoms with Crippen molar-refractivity contribution in [3.8, 4) is 0 Å². The Morgan fingerprint density at radius 1 is 1.53 bits per heavy atom. The molecular weight excluding hydrogens is 194 g/mol. The Kier molecular flexibility index (Phi) is 2.93. The maximum atomic E-state index is 10.7. The summed E-state index contributed by atoms with van der Waals surface area (Å²) >= 11 is 0. The number of carboxylic acids is 1. The molecule has 1 rings (SSSR count). The third kappa shape index (κ3) is 3.19. The van der Waals surface area contributed by atoms with Gasteiger partial charge in [-0.3, -0.25) is 0 Å². The lowest BCUT2D eigenvalue weighted by molar-refractivity contribution is 0.0697. The van der Waals surface area contributed by atoms with Gasteiger partial charge in [-0.1, -0.05) is 20.8 Å². The number of hydrogen-bond acceptors (Lipinski definition) is 4. The smallest absolute Gasteiger partial charge is 0.341 e. The molecule has 15 heavy (non-hydrogen) atoms. The first-order chi connectivity index (χ1) is 6.79. The zero-order valence-electron chi connectivity index (χ0n) is 9.11. The van der Waals surface area contributed by atoms with Crippen LogP contribution in [0.25, 0.3) is 0 Å². The average molecular weight is 209 g/mol. The summed E-state index contributed by atoms with van der Waals surface area (Å²) in [6.07, 6.45) is 1.92. The standard InChI is InChI=1S/C10H15N3O2/c1-10(2,3)4-7-12-5-6(9(14)15)8(11)13-7/h5H,4H2,1-3H3,(H,14,15)(H2,11,12,13). The van der Waals surface area contributed by atoms with Crippen LogP contribution in [0.4, 0.5) is 5.82 Å². The number of anilines is 1. The fourth-order valence-electron chi connectivity index (χ4n) is 1.16. The van der Waals surface area contributed by atoms with Crippen LogP contribution in [0.5, 0.6) is 0 Å². The summed E-state index contributed by atoms with van der Waals surface area (Å²) in [6, 6.07) is 0. The fraction of sp³-hybridized carbons (Fsp3) is 0.500. The van der Waals surface area contributed by atoms with Crippen molar-refractivity contribution in [2.24, 2.45) is 5.41 Å². The second-order valence-corrected chi connectivity index (χ2v) is 4.63. The maximum absolute atomic E-state index is 10.7. The van der Waals surface area contributed by atoms with Crippen LogP contribution in [0.15, 0.2) is 6.20 Å². The number of aromatic carboxylic acids is 1. The van der Waals surface area contributed by atoms with Gasteiger partial charge >= 0.3 is 5.97 Å². The number of nitrogens with two attached hydrogens (primary N) is 1. The minimum absolute atomic E-state index is 0.0248. The number of rotatable bonds is 2. The van der Waals surface area contributed by atoms with Gasteiger partial charge in [-0.05, 0) is 5.41 Å². The van der Waals surface area contributed by atoms with Gasteiger partial charge in [0.1, 0.15) is 17.2 Å². The lowest BCUT2D eigenvalue weighted by Crippen LogP contribution is -2.14. The molecule has 0 aliphatic carbocycles. The summed E-state index contributed by atoms with van der Waals surface area (Å²) in [5, 5.41) is 8.73. The van der Waals surface area contributed by atoms with Gasteiger partial charge in [0.25, 0.3) is 0 Å². The van der Waals surface area contributed by atoms with Gasteiger partial charge in [0.05, 0.1) is 0 Å². The Hall–Kier alpha value is -1.65. The lowest BCUT2D eigenvalue weighted by atomic mass is 9.92. The Balaban J connectivity index is 2.97. The quantitative estimate of drug-likeness (QED) is 0.767. The summed E-state index contributed by atoms with van der Waals surface area (Å²) in [6.45, 7) is 6.16. The van der Waals surface area contributed by atoms with Crippen LogP contribution >= 0.6 is 0 Å². The first-order valence-corrected chi connectivity index (χ1v) is 4.64. The summed E-state index contributed by atoms with van der Waals surface area (Å²) < 4.78 is 0. The molecule has 0 atom stereocenters. The molecule has 82 valence electrons. The molecular formula is C10H15N3O2. The molecule has 1 aromatic heterocycles. The Labute approximate surface area is 88.4 Å². The topological polar surface area (TPSA) is 89.1 Å². The molecule has 0 saturated heterocycles. The third-order valence-corrected chi connectivity index (χ3v) is 1.79. The summed E-state index contributed by atoms with van der Waals surface area (Å²) in [5.74, 6) is -0.503. The van der Waals surface area contributed by atoms with Gasteiger partial charge in [0, 0.05) is 12.6 Å². The zero-order valence-corrected chi connectivity index (χ0v) is 9.11. The largest absolute Gasteiger partial charge is 0.477 e. The van der Waals surface area contributed by atoms with Gasteiger partial charge in [0.2, 0.25) is 0 Å². The molecule has 0 saturated carbocycles. The van der Waals surface area contributed by atoms with Gasteiger partial charge < -0.3 is 10.8 Å². The van der Waals surface area contributed by atoms with E-state index in [-0.39, 0.29) is 16.8 Å². The van der Waals surface area contributed by atoms with Gasteiger partial charge in [-0.2, -0.15) is 0 Å². The molecule has 5 nitrogen and oxygen atoms in total. The van der Waals surface area contributed by atoms with E-state index in [4.69, 9.17) is 10.8 Å². The second kappa shape index (κ2) is 3.84. The third-order valence-electron chi connectivity index (χ3n) is 1.79.